The fourth-order valence-electron chi connectivity index (χ4n) is 3.30. The van der Waals surface area contributed by atoms with Gasteiger partial charge in [-0.25, -0.2) is 4.98 Å². The van der Waals surface area contributed by atoms with E-state index in [1.807, 2.05) is 0 Å². The van der Waals surface area contributed by atoms with E-state index in [1.54, 1.807) is 0 Å². The molecule has 3 heteroatoms. The van der Waals surface area contributed by atoms with Crippen molar-refractivity contribution in [2.45, 2.75) is 52.6 Å². The molecule has 1 unspecified atom stereocenters. The first kappa shape index (κ1) is 13.4. The van der Waals surface area contributed by atoms with Gasteiger partial charge in [0.05, 0.1) is 11.4 Å². The van der Waals surface area contributed by atoms with Gasteiger partial charge < -0.3 is 10.3 Å². The summed E-state index contributed by atoms with van der Waals surface area (Å²) in [6.45, 7) is 7.11. The zero-order valence-corrected chi connectivity index (χ0v) is 12.6. The van der Waals surface area contributed by atoms with Crippen LogP contribution in [0.5, 0.6) is 0 Å². The maximum Gasteiger partial charge on any atom is 0.109 e. The Labute approximate surface area is 120 Å². The van der Waals surface area contributed by atoms with E-state index in [0.717, 1.165) is 12.1 Å². The van der Waals surface area contributed by atoms with E-state index in [4.69, 9.17) is 10.7 Å². The molecule has 1 atom stereocenters. The molecule has 1 aromatic carbocycles. The molecule has 1 aromatic heterocycles. The second-order valence-electron chi connectivity index (χ2n) is 5.96. The van der Waals surface area contributed by atoms with Gasteiger partial charge in [-0.1, -0.05) is 17.7 Å². The second kappa shape index (κ2) is 5.06. The Morgan fingerprint density at radius 3 is 2.90 bits per heavy atom. The van der Waals surface area contributed by atoms with Gasteiger partial charge in [-0.05, 0) is 45.2 Å². The first-order chi connectivity index (χ1) is 9.61. The summed E-state index contributed by atoms with van der Waals surface area (Å²) in [5.41, 5.74) is 12.1. The normalized spacial score (nSPS) is 18.1. The van der Waals surface area contributed by atoms with Gasteiger partial charge in [0, 0.05) is 24.6 Å². The second-order valence-corrected chi connectivity index (χ2v) is 5.96. The van der Waals surface area contributed by atoms with Crippen molar-refractivity contribution in [3.8, 4) is 11.3 Å². The molecule has 106 valence electrons. The van der Waals surface area contributed by atoms with Gasteiger partial charge in [-0.15, -0.1) is 0 Å². The number of hydrogen-bond donors (Lipinski definition) is 1. The Balaban J connectivity index is 2.21. The molecule has 2 heterocycles. The highest BCUT2D eigenvalue weighted by Gasteiger charge is 2.24. The largest absolute Gasteiger partial charge is 0.327 e. The van der Waals surface area contributed by atoms with Crippen LogP contribution < -0.4 is 5.73 Å². The number of aryl methyl sites for hydroxylation is 3. The third-order valence-electron chi connectivity index (χ3n) is 4.39. The number of fused-ring (bicyclic) bond motifs is 1. The smallest absolute Gasteiger partial charge is 0.109 e. The Morgan fingerprint density at radius 1 is 1.35 bits per heavy atom. The lowest BCUT2D eigenvalue weighted by molar-refractivity contribution is 0.415. The van der Waals surface area contributed by atoms with Crippen molar-refractivity contribution in [3.05, 3.63) is 40.8 Å². The van der Waals surface area contributed by atoms with Crippen molar-refractivity contribution >= 4 is 0 Å². The molecule has 2 N–H and O–H groups in total. The van der Waals surface area contributed by atoms with Crippen molar-refractivity contribution < 1.29 is 0 Å². The minimum atomic E-state index is 0.517. The zero-order chi connectivity index (χ0) is 14.3. The fourth-order valence-corrected chi connectivity index (χ4v) is 3.30. The summed E-state index contributed by atoms with van der Waals surface area (Å²) >= 11 is 0. The minimum Gasteiger partial charge on any atom is -0.327 e. The topological polar surface area (TPSA) is 43.8 Å². The third kappa shape index (κ3) is 2.06. The molecular weight excluding hydrogens is 246 g/mol. The van der Waals surface area contributed by atoms with E-state index in [-0.39, 0.29) is 0 Å². The SMILES string of the molecule is Cc1ccc(C)c(-c2nc3n(c2CN)C(C)CCC3)c1. The van der Waals surface area contributed by atoms with Crippen LogP contribution in [0.1, 0.15) is 48.5 Å². The van der Waals surface area contributed by atoms with Gasteiger partial charge in [0.15, 0.2) is 0 Å². The first-order valence-electron chi connectivity index (χ1n) is 7.49. The van der Waals surface area contributed by atoms with Crippen LogP contribution in [0.25, 0.3) is 11.3 Å². The maximum atomic E-state index is 6.05. The molecule has 0 amide bonds. The number of hydrogen-bond acceptors (Lipinski definition) is 2. The molecule has 0 radical (unpaired) electrons. The van der Waals surface area contributed by atoms with E-state index in [9.17, 15) is 0 Å². The Bertz CT molecular complexity index is 640. The molecule has 1 aliphatic heterocycles. The van der Waals surface area contributed by atoms with Crippen LogP contribution in [0.3, 0.4) is 0 Å². The molecule has 3 rings (SSSR count). The minimum absolute atomic E-state index is 0.517. The van der Waals surface area contributed by atoms with Crippen molar-refractivity contribution in [1.82, 2.24) is 9.55 Å². The van der Waals surface area contributed by atoms with Crippen molar-refractivity contribution in [3.63, 3.8) is 0 Å². The van der Waals surface area contributed by atoms with Crippen LogP contribution >= 0.6 is 0 Å². The highest BCUT2D eigenvalue weighted by atomic mass is 15.1. The summed E-state index contributed by atoms with van der Waals surface area (Å²) < 4.78 is 2.38. The molecule has 3 nitrogen and oxygen atoms in total. The van der Waals surface area contributed by atoms with Gasteiger partial charge in [-0.3, -0.25) is 0 Å². The molecule has 0 fully saturated rings. The van der Waals surface area contributed by atoms with Crippen LogP contribution in [0.2, 0.25) is 0 Å². The lowest BCUT2D eigenvalue weighted by Crippen LogP contribution is -2.19. The van der Waals surface area contributed by atoms with Crippen LogP contribution in [0.4, 0.5) is 0 Å². The molecule has 0 saturated carbocycles. The number of aromatic nitrogens is 2. The van der Waals surface area contributed by atoms with E-state index in [0.29, 0.717) is 12.6 Å². The van der Waals surface area contributed by atoms with Gasteiger partial charge in [0.1, 0.15) is 5.82 Å². The quantitative estimate of drug-likeness (QED) is 0.906. The van der Waals surface area contributed by atoms with Crippen molar-refractivity contribution in [2.75, 3.05) is 0 Å². The molecule has 0 saturated heterocycles. The Hall–Kier alpha value is -1.61. The van der Waals surface area contributed by atoms with Gasteiger partial charge in [0.2, 0.25) is 0 Å². The summed E-state index contributed by atoms with van der Waals surface area (Å²) in [7, 11) is 0. The van der Waals surface area contributed by atoms with Crippen LogP contribution in [0, 0.1) is 13.8 Å². The van der Waals surface area contributed by atoms with E-state index < -0.39 is 0 Å². The zero-order valence-electron chi connectivity index (χ0n) is 12.6. The molecular formula is C17H23N3. The highest BCUT2D eigenvalue weighted by Crippen LogP contribution is 2.33. The molecule has 0 aliphatic carbocycles. The highest BCUT2D eigenvalue weighted by molar-refractivity contribution is 5.67. The monoisotopic (exact) mass is 269 g/mol. The summed E-state index contributed by atoms with van der Waals surface area (Å²) in [6.07, 6.45) is 3.53. The standard InChI is InChI=1S/C17H23N3/c1-11-7-8-12(2)14(9-11)17-15(10-18)20-13(3)5-4-6-16(20)19-17/h7-9,13H,4-6,10,18H2,1-3H3. The average Bonchev–Trinajstić information content (AvgIpc) is 2.81. The lowest BCUT2D eigenvalue weighted by atomic mass is 10.0. The third-order valence-corrected chi connectivity index (χ3v) is 4.39. The molecule has 0 spiro atoms. The van der Waals surface area contributed by atoms with Crippen LogP contribution in [-0.2, 0) is 13.0 Å². The van der Waals surface area contributed by atoms with E-state index in [1.165, 1.54) is 41.1 Å². The number of nitrogens with zero attached hydrogens (tertiary/aromatic N) is 2. The van der Waals surface area contributed by atoms with Gasteiger partial charge in [0.25, 0.3) is 0 Å². The average molecular weight is 269 g/mol. The van der Waals surface area contributed by atoms with Gasteiger partial charge >= 0.3 is 0 Å². The maximum absolute atomic E-state index is 6.05. The molecule has 2 aromatic rings. The number of benzene rings is 1. The molecule has 0 bridgehead atoms. The number of nitrogens with two attached hydrogens (primary N) is 1. The Kier molecular flexibility index (Phi) is 3.38. The van der Waals surface area contributed by atoms with E-state index in [2.05, 4.69) is 43.5 Å². The van der Waals surface area contributed by atoms with Gasteiger partial charge in [-0.2, -0.15) is 0 Å². The summed E-state index contributed by atoms with van der Waals surface area (Å²) in [5, 5.41) is 0. The summed E-state index contributed by atoms with van der Waals surface area (Å²) in [6, 6.07) is 7.07. The van der Waals surface area contributed by atoms with Crippen LogP contribution in [-0.4, -0.2) is 9.55 Å². The molecule has 1 aliphatic rings. The predicted octanol–water partition coefficient (Wildman–Crippen LogP) is 3.52. The first-order valence-corrected chi connectivity index (χ1v) is 7.49. The molecule has 20 heavy (non-hydrogen) atoms. The lowest BCUT2D eigenvalue weighted by Gasteiger charge is -2.23. The van der Waals surface area contributed by atoms with Crippen molar-refractivity contribution in [2.24, 2.45) is 5.73 Å². The summed E-state index contributed by atoms with van der Waals surface area (Å²) in [5.74, 6) is 1.21. The fraction of sp³-hybridized carbons (Fsp3) is 0.471. The number of rotatable bonds is 2. The predicted molar refractivity (Wildman–Crippen MR) is 82.7 cm³/mol. The number of imidazole rings is 1. The van der Waals surface area contributed by atoms with Crippen LogP contribution in [0.15, 0.2) is 18.2 Å². The summed E-state index contributed by atoms with van der Waals surface area (Å²) in [4.78, 5) is 4.93. The van der Waals surface area contributed by atoms with Crippen molar-refractivity contribution in [1.29, 1.82) is 0 Å². The Morgan fingerprint density at radius 2 is 2.15 bits per heavy atom. The van der Waals surface area contributed by atoms with E-state index >= 15 is 0 Å².